The van der Waals surface area contributed by atoms with Gasteiger partial charge in [-0.15, -0.1) is 0 Å². The summed E-state index contributed by atoms with van der Waals surface area (Å²) in [4.78, 5) is 0. The third-order valence-electron chi connectivity index (χ3n) is 2.41. The van der Waals surface area contributed by atoms with Gasteiger partial charge in [0.2, 0.25) is 11.6 Å². The molecule has 0 bridgehead atoms. The largest absolute Gasteiger partial charge is 0.487 e. The normalized spacial score (nSPS) is 12.6. The molecule has 2 N–H and O–H groups in total. The van der Waals surface area contributed by atoms with Gasteiger partial charge in [0.1, 0.15) is 0 Å². The van der Waals surface area contributed by atoms with Crippen LogP contribution in [0.1, 0.15) is 6.42 Å². The highest BCUT2D eigenvalue weighted by Gasteiger charge is 2.20. The molecular weight excluding hydrogens is 254 g/mol. The quantitative estimate of drug-likeness (QED) is 0.607. The highest BCUT2D eigenvalue weighted by atomic mass is 19.2. The van der Waals surface area contributed by atoms with Gasteiger partial charge >= 0.3 is 0 Å². The zero-order valence-electron chi connectivity index (χ0n) is 9.64. The van der Waals surface area contributed by atoms with E-state index in [4.69, 9.17) is 5.11 Å². The van der Waals surface area contributed by atoms with Gasteiger partial charge in [0.05, 0.1) is 13.2 Å². The Morgan fingerprint density at radius 3 is 2.22 bits per heavy atom. The molecule has 3 nitrogen and oxygen atoms in total. The van der Waals surface area contributed by atoms with Crippen LogP contribution in [-0.2, 0) is 0 Å². The van der Waals surface area contributed by atoms with Gasteiger partial charge in [-0.1, -0.05) is 0 Å². The van der Waals surface area contributed by atoms with Crippen molar-refractivity contribution in [1.82, 2.24) is 5.32 Å². The fourth-order valence-electron chi connectivity index (χ4n) is 1.31. The molecule has 0 aromatic heterocycles. The molecule has 7 heteroatoms. The third kappa shape index (κ3) is 3.33. The number of benzene rings is 1. The van der Waals surface area contributed by atoms with Crippen molar-refractivity contribution < 1.29 is 27.4 Å². The van der Waals surface area contributed by atoms with Crippen LogP contribution in [0.4, 0.5) is 17.6 Å². The number of aliphatic hydroxyl groups is 1. The molecule has 1 rings (SSSR count). The van der Waals surface area contributed by atoms with Crippen molar-refractivity contribution in [3.8, 4) is 5.75 Å². The summed E-state index contributed by atoms with van der Waals surface area (Å²) < 4.78 is 56.6. The lowest BCUT2D eigenvalue weighted by Gasteiger charge is -2.14. The van der Waals surface area contributed by atoms with Gasteiger partial charge in [-0.2, -0.15) is 8.78 Å². The average Bonchev–Trinajstić information content (AvgIpc) is 2.36. The Morgan fingerprint density at radius 1 is 1.22 bits per heavy atom. The van der Waals surface area contributed by atoms with E-state index in [0.717, 1.165) is 0 Å². The lowest BCUT2D eigenvalue weighted by molar-refractivity contribution is 0.205. The van der Waals surface area contributed by atoms with E-state index < -0.39 is 29.0 Å². The van der Waals surface area contributed by atoms with Crippen LogP contribution in [0, 0.1) is 23.3 Å². The van der Waals surface area contributed by atoms with Crippen molar-refractivity contribution in [2.45, 2.75) is 12.5 Å². The van der Waals surface area contributed by atoms with Gasteiger partial charge in [-0.25, -0.2) is 8.78 Å². The predicted octanol–water partition coefficient (Wildman–Crippen LogP) is 1.59. The molecule has 0 radical (unpaired) electrons. The van der Waals surface area contributed by atoms with Crippen LogP contribution >= 0.6 is 0 Å². The van der Waals surface area contributed by atoms with Gasteiger partial charge in [0, 0.05) is 12.1 Å². The van der Waals surface area contributed by atoms with Gasteiger partial charge in [-0.3, -0.25) is 0 Å². The van der Waals surface area contributed by atoms with E-state index in [1.807, 2.05) is 0 Å². The van der Waals surface area contributed by atoms with E-state index in [0.29, 0.717) is 0 Å². The number of ether oxygens (including phenoxy) is 1. The molecule has 102 valence electrons. The molecular formula is C11H13F4NO2. The average molecular weight is 267 g/mol. The highest BCUT2D eigenvalue weighted by molar-refractivity contribution is 5.28. The second-order valence-corrected chi connectivity index (χ2v) is 3.60. The van der Waals surface area contributed by atoms with Crippen molar-refractivity contribution in [2.24, 2.45) is 0 Å². The van der Waals surface area contributed by atoms with E-state index >= 15 is 0 Å². The zero-order valence-corrected chi connectivity index (χ0v) is 9.64. The molecule has 0 amide bonds. The maximum Gasteiger partial charge on any atom is 0.203 e. The molecule has 1 unspecified atom stereocenters. The molecule has 1 aromatic carbocycles. The molecule has 1 aromatic rings. The zero-order chi connectivity index (χ0) is 13.7. The number of rotatable bonds is 6. The maximum absolute atomic E-state index is 13.2. The number of hydrogen-bond donors (Lipinski definition) is 2. The molecule has 0 aliphatic carbocycles. The highest BCUT2D eigenvalue weighted by Crippen LogP contribution is 2.26. The fourth-order valence-corrected chi connectivity index (χ4v) is 1.31. The second kappa shape index (κ2) is 6.55. The summed E-state index contributed by atoms with van der Waals surface area (Å²) in [6.07, 6.45) is 0.226. The molecule has 0 spiro atoms. The molecule has 0 heterocycles. The van der Waals surface area contributed by atoms with E-state index in [1.54, 1.807) is 7.05 Å². The first kappa shape index (κ1) is 14.7. The Kier molecular flexibility index (Phi) is 5.36. The monoisotopic (exact) mass is 267 g/mol. The Bertz CT molecular complexity index is 384. The summed E-state index contributed by atoms with van der Waals surface area (Å²) in [6, 6.07) is -0.212. The van der Waals surface area contributed by atoms with Gasteiger partial charge in [0.25, 0.3) is 0 Å². The van der Waals surface area contributed by atoms with E-state index in [-0.39, 0.29) is 31.7 Å². The number of nitrogens with one attached hydrogen (secondary N) is 1. The molecule has 0 fully saturated rings. The van der Waals surface area contributed by atoms with Crippen LogP contribution in [0.2, 0.25) is 0 Å². The summed E-state index contributed by atoms with van der Waals surface area (Å²) in [5, 5.41) is 11.6. The Balaban J connectivity index is 2.73. The minimum Gasteiger partial charge on any atom is -0.487 e. The molecule has 0 aliphatic heterocycles. The van der Waals surface area contributed by atoms with Gasteiger partial charge in [0.15, 0.2) is 17.4 Å². The number of hydrogen-bond acceptors (Lipinski definition) is 3. The van der Waals surface area contributed by atoms with Crippen molar-refractivity contribution in [3.63, 3.8) is 0 Å². The van der Waals surface area contributed by atoms with Crippen molar-refractivity contribution >= 4 is 0 Å². The minimum atomic E-state index is -1.57. The third-order valence-corrected chi connectivity index (χ3v) is 2.41. The van der Waals surface area contributed by atoms with Crippen LogP contribution in [0.15, 0.2) is 6.07 Å². The number of aliphatic hydroxyl groups excluding tert-OH is 1. The fraction of sp³-hybridized carbons (Fsp3) is 0.455. The summed E-state index contributed by atoms with van der Waals surface area (Å²) in [5.41, 5.74) is 0. The van der Waals surface area contributed by atoms with Crippen LogP contribution in [0.25, 0.3) is 0 Å². The summed E-state index contributed by atoms with van der Waals surface area (Å²) in [7, 11) is 1.59. The van der Waals surface area contributed by atoms with E-state index in [1.165, 1.54) is 0 Å². The molecule has 0 saturated heterocycles. The Labute approximate surface area is 101 Å². The topological polar surface area (TPSA) is 41.5 Å². The van der Waals surface area contributed by atoms with Crippen LogP contribution in [0.5, 0.6) is 5.75 Å². The van der Waals surface area contributed by atoms with E-state index in [2.05, 4.69) is 10.1 Å². The standard InChI is InChI=1S/C11H13F4NO2/c1-16-6(5-17)2-3-18-11-9(14)7(12)4-8(13)10(11)15/h4,6,16-17H,2-3,5H2,1H3. The maximum atomic E-state index is 13.2. The van der Waals surface area contributed by atoms with Crippen molar-refractivity contribution in [1.29, 1.82) is 0 Å². The van der Waals surface area contributed by atoms with Crippen LogP contribution < -0.4 is 10.1 Å². The summed E-state index contributed by atoms with van der Waals surface area (Å²) in [5.74, 6) is -7.26. The first-order valence-corrected chi connectivity index (χ1v) is 5.25. The number of likely N-dealkylation sites (N-methyl/N-ethyl adjacent to an activating group) is 1. The first-order valence-electron chi connectivity index (χ1n) is 5.25. The lowest BCUT2D eigenvalue weighted by atomic mass is 10.2. The lowest BCUT2D eigenvalue weighted by Crippen LogP contribution is -2.30. The Morgan fingerprint density at radius 2 is 1.78 bits per heavy atom. The SMILES string of the molecule is CNC(CO)CCOc1c(F)c(F)cc(F)c1F. The molecule has 18 heavy (non-hydrogen) atoms. The molecule has 0 saturated carbocycles. The van der Waals surface area contributed by atoms with Gasteiger partial charge < -0.3 is 15.2 Å². The molecule has 1 atom stereocenters. The summed E-state index contributed by atoms with van der Waals surface area (Å²) >= 11 is 0. The minimum absolute atomic E-state index is 0.113. The van der Waals surface area contributed by atoms with Gasteiger partial charge in [-0.05, 0) is 13.5 Å². The smallest absolute Gasteiger partial charge is 0.203 e. The van der Waals surface area contributed by atoms with E-state index in [9.17, 15) is 17.6 Å². The molecule has 0 aliphatic rings. The van der Waals surface area contributed by atoms with Crippen molar-refractivity contribution in [2.75, 3.05) is 20.3 Å². The number of halogens is 4. The van der Waals surface area contributed by atoms with Crippen LogP contribution in [-0.4, -0.2) is 31.4 Å². The predicted molar refractivity (Wildman–Crippen MR) is 56.3 cm³/mol. The first-order chi connectivity index (χ1) is 8.51. The second-order valence-electron chi connectivity index (χ2n) is 3.60. The summed E-state index contributed by atoms with van der Waals surface area (Å²) in [6.45, 7) is -0.384. The Hall–Kier alpha value is -1.34. The van der Waals surface area contributed by atoms with Crippen LogP contribution in [0.3, 0.4) is 0 Å². The van der Waals surface area contributed by atoms with Crippen molar-refractivity contribution in [3.05, 3.63) is 29.3 Å².